The Hall–Kier alpha value is -1.92. The molecule has 0 aliphatic carbocycles. The number of carbonyl (C=O) groups is 1. The van der Waals surface area contributed by atoms with Gasteiger partial charge in [0.2, 0.25) is 0 Å². The Morgan fingerprint density at radius 1 is 1.20 bits per heavy atom. The van der Waals surface area contributed by atoms with Crippen molar-refractivity contribution in [2.45, 2.75) is 33.4 Å². The van der Waals surface area contributed by atoms with Gasteiger partial charge in [-0.2, -0.15) is 0 Å². The summed E-state index contributed by atoms with van der Waals surface area (Å²) in [7, 11) is 0. The number of ether oxygens (including phenoxy) is 1. The van der Waals surface area contributed by atoms with Crippen molar-refractivity contribution >= 4 is 39.2 Å². The van der Waals surface area contributed by atoms with Crippen LogP contribution in [0.1, 0.15) is 35.3 Å². The number of aryl methyl sites for hydroxylation is 1. The minimum absolute atomic E-state index is 0.147. The van der Waals surface area contributed by atoms with Crippen molar-refractivity contribution in [3.63, 3.8) is 0 Å². The summed E-state index contributed by atoms with van der Waals surface area (Å²) in [4.78, 5) is 12.2. The van der Waals surface area contributed by atoms with E-state index in [0.717, 1.165) is 21.3 Å². The maximum atomic E-state index is 12.2. The molecule has 0 aliphatic rings. The summed E-state index contributed by atoms with van der Waals surface area (Å²) in [5.74, 6) is 0.596. The fraction of sp³-hybridized carbons (Fsp3) is 0.263. The highest BCUT2D eigenvalue weighted by Gasteiger charge is 2.09. The minimum atomic E-state index is -0.237. The van der Waals surface area contributed by atoms with Crippen LogP contribution >= 0.6 is 28.1 Å². The number of hydrogen-bond acceptors (Lipinski definition) is 3. The predicted molar refractivity (Wildman–Crippen MR) is 108 cm³/mol. The van der Waals surface area contributed by atoms with E-state index in [9.17, 15) is 4.79 Å². The number of thiocarbonyl (C=S) groups is 1. The molecule has 2 aromatic rings. The van der Waals surface area contributed by atoms with Gasteiger partial charge in [-0.15, -0.1) is 0 Å². The third-order valence-corrected chi connectivity index (χ3v) is 4.51. The maximum Gasteiger partial charge on any atom is 0.257 e. The van der Waals surface area contributed by atoms with E-state index in [1.807, 2.05) is 51.1 Å². The number of hydrogen-bond donors (Lipinski definition) is 2. The first-order chi connectivity index (χ1) is 11.8. The van der Waals surface area contributed by atoms with Crippen molar-refractivity contribution in [1.82, 2.24) is 10.6 Å². The van der Waals surface area contributed by atoms with Gasteiger partial charge in [0.1, 0.15) is 5.75 Å². The third-order valence-electron chi connectivity index (χ3n) is 3.41. The van der Waals surface area contributed by atoms with Crippen LogP contribution in [0.4, 0.5) is 0 Å². The molecule has 132 valence electrons. The second kappa shape index (κ2) is 8.97. The lowest BCUT2D eigenvalue weighted by Crippen LogP contribution is -2.38. The zero-order valence-electron chi connectivity index (χ0n) is 14.4. The summed E-state index contributed by atoms with van der Waals surface area (Å²) in [5, 5.41) is 6.01. The van der Waals surface area contributed by atoms with Crippen LogP contribution in [-0.4, -0.2) is 17.1 Å². The van der Waals surface area contributed by atoms with Crippen LogP contribution in [0.2, 0.25) is 0 Å². The molecule has 0 radical (unpaired) electrons. The molecule has 0 unspecified atom stereocenters. The van der Waals surface area contributed by atoms with E-state index in [2.05, 4.69) is 26.6 Å². The number of carbonyl (C=O) groups excluding carboxylic acids is 1. The van der Waals surface area contributed by atoms with Gasteiger partial charge in [0.05, 0.1) is 6.10 Å². The van der Waals surface area contributed by atoms with Crippen LogP contribution in [0.5, 0.6) is 5.75 Å². The third kappa shape index (κ3) is 6.14. The van der Waals surface area contributed by atoms with E-state index in [4.69, 9.17) is 17.0 Å². The molecular formula is C19H21BrN2O2S. The summed E-state index contributed by atoms with van der Waals surface area (Å²) in [6.45, 7) is 6.47. The molecule has 25 heavy (non-hydrogen) atoms. The summed E-state index contributed by atoms with van der Waals surface area (Å²) in [5.41, 5.74) is 2.67. The molecule has 2 N–H and O–H groups in total. The molecule has 0 atom stereocenters. The minimum Gasteiger partial charge on any atom is -0.491 e. The Bertz CT molecular complexity index is 761. The number of rotatable bonds is 5. The number of halogens is 1. The normalized spacial score (nSPS) is 10.4. The lowest BCUT2D eigenvalue weighted by atomic mass is 10.1. The van der Waals surface area contributed by atoms with E-state index < -0.39 is 0 Å². The topological polar surface area (TPSA) is 50.4 Å². The number of benzene rings is 2. The van der Waals surface area contributed by atoms with Gasteiger partial charge < -0.3 is 10.1 Å². The van der Waals surface area contributed by atoms with Crippen LogP contribution in [0.15, 0.2) is 46.9 Å². The van der Waals surface area contributed by atoms with E-state index in [1.54, 1.807) is 12.1 Å². The average molecular weight is 421 g/mol. The number of nitrogens with one attached hydrogen (secondary N) is 2. The highest BCUT2D eigenvalue weighted by atomic mass is 79.9. The molecule has 2 rings (SSSR count). The van der Waals surface area contributed by atoms with Gasteiger partial charge in [-0.25, -0.2) is 0 Å². The van der Waals surface area contributed by atoms with Gasteiger partial charge in [0, 0.05) is 16.6 Å². The first kappa shape index (κ1) is 19.4. The zero-order valence-corrected chi connectivity index (χ0v) is 16.8. The zero-order chi connectivity index (χ0) is 18.4. The predicted octanol–water partition coefficient (Wildman–Crippen LogP) is 4.35. The highest BCUT2D eigenvalue weighted by Crippen LogP contribution is 2.17. The van der Waals surface area contributed by atoms with Crippen molar-refractivity contribution in [3.8, 4) is 5.75 Å². The molecule has 0 fully saturated rings. The lowest BCUT2D eigenvalue weighted by Gasteiger charge is -2.12. The molecule has 0 bridgehead atoms. The first-order valence-electron chi connectivity index (χ1n) is 7.96. The Morgan fingerprint density at radius 2 is 1.88 bits per heavy atom. The van der Waals surface area contributed by atoms with Crippen LogP contribution in [0.3, 0.4) is 0 Å². The van der Waals surface area contributed by atoms with Crippen LogP contribution < -0.4 is 15.4 Å². The van der Waals surface area contributed by atoms with Crippen LogP contribution in [-0.2, 0) is 6.54 Å². The molecule has 0 aliphatic heterocycles. The Morgan fingerprint density at radius 3 is 2.48 bits per heavy atom. The van der Waals surface area contributed by atoms with Crippen LogP contribution in [0, 0.1) is 6.92 Å². The van der Waals surface area contributed by atoms with Gasteiger partial charge in [-0.05, 0) is 68.4 Å². The van der Waals surface area contributed by atoms with Crippen molar-refractivity contribution in [2.75, 3.05) is 0 Å². The molecular weight excluding hydrogens is 400 g/mol. The van der Waals surface area contributed by atoms with Crippen molar-refractivity contribution in [3.05, 3.63) is 63.6 Å². The monoisotopic (exact) mass is 420 g/mol. The molecule has 0 saturated carbocycles. The maximum absolute atomic E-state index is 12.2. The number of amides is 1. The molecule has 4 nitrogen and oxygen atoms in total. The van der Waals surface area contributed by atoms with Gasteiger partial charge in [-0.3, -0.25) is 10.1 Å². The lowest BCUT2D eigenvalue weighted by molar-refractivity contribution is 0.0976. The summed E-state index contributed by atoms with van der Waals surface area (Å²) >= 11 is 8.62. The van der Waals surface area contributed by atoms with Crippen LogP contribution in [0.25, 0.3) is 0 Å². The first-order valence-corrected chi connectivity index (χ1v) is 9.16. The van der Waals surface area contributed by atoms with Crippen molar-refractivity contribution < 1.29 is 9.53 Å². The summed E-state index contributed by atoms with van der Waals surface area (Å²) < 4.78 is 6.50. The van der Waals surface area contributed by atoms with E-state index >= 15 is 0 Å². The largest absolute Gasteiger partial charge is 0.491 e. The van der Waals surface area contributed by atoms with E-state index in [0.29, 0.717) is 17.2 Å². The van der Waals surface area contributed by atoms with Gasteiger partial charge in [-0.1, -0.05) is 34.1 Å². The molecule has 1 amide bonds. The summed E-state index contributed by atoms with van der Waals surface area (Å²) in [6, 6.07) is 13.2. The average Bonchev–Trinajstić information content (AvgIpc) is 2.56. The van der Waals surface area contributed by atoms with Gasteiger partial charge in [0.15, 0.2) is 5.11 Å². The fourth-order valence-electron chi connectivity index (χ4n) is 2.09. The second-order valence-corrected chi connectivity index (χ2v) is 7.17. The molecule has 0 saturated heterocycles. The Balaban J connectivity index is 1.85. The highest BCUT2D eigenvalue weighted by molar-refractivity contribution is 9.10. The van der Waals surface area contributed by atoms with Gasteiger partial charge >= 0.3 is 0 Å². The second-order valence-electron chi connectivity index (χ2n) is 5.91. The molecule has 6 heteroatoms. The standard InChI is InChI=1S/C19H21BrN2O2S/c1-12(2)24-16-8-5-14(6-9-16)11-21-19(25)22-18(23)15-7-4-13(3)17(20)10-15/h4-10,12H,11H2,1-3H3,(H2,21,22,23,25). The van der Waals surface area contributed by atoms with Crippen molar-refractivity contribution in [1.29, 1.82) is 0 Å². The molecule has 0 aromatic heterocycles. The van der Waals surface area contributed by atoms with E-state index in [1.165, 1.54) is 0 Å². The summed E-state index contributed by atoms with van der Waals surface area (Å²) in [6.07, 6.45) is 0.147. The molecule has 0 heterocycles. The van der Waals surface area contributed by atoms with Gasteiger partial charge in [0.25, 0.3) is 5.91 Å². The Kier molecular flexibility index (Phi) is 6.96. The molecule has 0 spiro atoms. The Labute approximate surface area is 162 Å². The fourth-order valence-corrected chi connectivity index (χ4v) is 2.64. The molecule has 2 aromatic carbocycles. The smallest absolute Gasteiger partial charge is 0.257 e. The van der Waals surface area contributed by atoms with Crippen molar-refractivity contribution in [2.24, 2.45) is 0 Å². The quantitative estimate of drug-likeness (QED) is 0.705. The SMILES string of the molecule is Cc1ccc(C(=O)NC(=S)NCc2ccc(OC(C)C)cc2)cc1Br. The van der Waals surface area contributed by atoms with E-state index in [-0.39, 0.29) is 12.0 Å².